The summed E-state index contributed by atoms with van der Waals surface area (Å²) in [6.07, 6.45) is 3.79. The van der Waals surface area contributed by atoms with E-state index in [-0.39, 0.29) is 0 Å². The Hall–Kier alpha value is -1.52. The van der Waals surface area contributed by atoms with E-state index in [4.69, 9.17) is 0 Å². The molecule has 0 spiro atoms. The highest BCUT2D eigenvalue weighted by atomic mass is 32.1. The van der Waals surface area contributed by atoms with E-state index in [0.717, 1.165) is 11.4 Å². The van der Waals surface area contributed by atoms with Gasteiger partial charge in [0.15, 0.2) is 0 Å². The quantitative estimate of drug-likeness (QED) is 0.689. The summed E-state index contributed by atoms with van der Waals surface area (Å²) in [7, 11) is 0. The number of thiophene rings is 2. The number of aliphatic imine (C=N–C) groups is 2. The molecule has 0 radical (unpaired) electrons. The maximum atomic E-state index is 4.48. The van der Waals surface area contributed by atoms with Gasteiger partial charge in [-0.05, 0) is 31.7 Å². The maximum Gasteiger partial charge on any atom is 0.0993 e. The fraction of sp³-hybridized carbons (Fsp3) is 0.143. The van der Waals surface area contributed by atoms with Crippen LogP contribution in [0.2, 0.25) is 0 Å². The molecule has 92 valence electrons. The number of hydrogen-bond donors (Lipinski definition) is 0. The Morgan fingerprint density at radius 3 is 2.39 bits per heavy atom. The summed E-state index contributed by atoms with van der Waals surface area (Å²) in [5.41, 5.74) is 4.26. The number of nitrogens with zero attached hydrogens (tertiary/aromatic N) is 2. The van der Waals surface area contributed by atoms with Gasteiger partial charge < -0.3 is 0 Å². The minimum Gasteiger partial charge on any atom is -0.262 e. The Morgan fingerprint density at radius 2 is 1.78 bits per heavy atom. The highest BCUT2D eigenvalue weighted by molar-refractivity contribution is 7.15. The average molecular weight is 274 g/mol. The van der Waals surface area contributed by atoms with Crippen LogP contribution in [0.1, 0.15) is 20.9 Å². The van der Waals surface area contributed by atoms with Crippen molar-refractivity contribution in [1.29, 1.82) is 0 Å². The largest absolute Gasteiger partial charge is 0.262 e. The predicted molar refractivity (Wildman–Crippen MR) is 84.7 cm³/mol. The molecule has 4 heteroatoms. The molecule has 2 aromatic heterocycles. The van der Waals surface area contributed by atoms with Gasteiger partial charge in [0.05, 0.1) is 11.4 Å². The molecule has 0 amide bonds. The lowest BCUT2D eigenvalue weighted by Crippen LogP contribution is -1.80. The molecule has 0 saturated carbocycles. The molecule has 0 unspecified atom stereocenters. The van der Waals surface area contributed by atoms with Gasteiger partial charge in [-0.25, -0.2) is 0 Å². The fourth-order valence-electron chi connectivity index (χ4n) is 1.59. The van der Waals surface area contributed by atoms with Crippen LogP contribution >= 0.6 is 22.7 Å². The Balaban J connectivity index is 2.34. The lowest BCUT2D eigenvalue weighted by Gasteiger charge is -1.93. The van der Waals surface area contributed by atoms with Crippen molar-refractivity contribution in [2.75, 3.05) is 0 Å². The summed E-state index contributed by atoms with van der Waals surface area (Å²) in [6, 6.07) is 0. The van der Waals surface area contributed by atoms with Crippen molar-refractivity contribution in [2.45, 2.75) is 13.8 Å². The van der Waals surface area contributed by atoms with Crippen molar-refractivity contribution < 1.29 is 0 Å². The van der Waals surface area contributed by atoms with E-state index in [1.54, 1.807) is 22.7 Å². The van der Waals surface area contributed by atoms with Crippen molar-refractivity contribution in [3.05, 3.63) is 38.2 Å². The van der Waals surface area contributed by atoms with E-state index in [1.165, 1.54) is 20.9 Å². The van der Waals surface area contributed by atoms with E-state index in [9.17, 15) is 0 Å². The number of hydrogen-bond acceptors (Lipinski definition) is 4. The van der Waals surface area contributed by atoms with Crippen LogP contribution in [0.4, 0.5) is 11.4 Å². The molecule has 2 rings (SSSR count). The number of rotatable bonds is 4. The molecular weight excluding hydrogens is 260 g/mol. The summed E-state index contributed by atoms with van der Waals surface area (Å²) in [6.45, 7) is 11.6. The first-order valence-corrected chi connectivity index (χ1v) is 7.22. The van der Waals surface area contributed by atoms with Crippen molar-refractivity contribution in [1.82, 2.24) is 0 Å². The SMILES string of the molecule is C=Cc1sc(C=Nc2cscc2N=C)c(C)c1C. The van der Waals surface area contributed by atoms with Gasteiger partial charge in [-0.3, -0.25) is 9.98 Å². The van der Waals surface area contributed by atoms with Gasteiger partial charge in [-0.2, -0.15) is 0 Å². The molecule has 0 bridgehead atoms. The normalized spacial score (nSPS) is 11.0. The van der Waals surface area contributed by atoms with Crippen molar-refractivity contribution >= 4 is 53.1 Å². The first-order valence-electron chi connectivity index (χ1n) is 5.46. The van der Waals surface area contributed by atoms with Gasteiger partial charge >= 0.3 is 0 Å². The molecule has 0 atom stereocenters. The molecular formula is C14H14N2S2. The minimum absolute atomic E-state index is 0.839. The summed E-state index contributed by atoms with van der Waals surface area (Å²) < 4.78 is 0. The van der Waals surface area contributed by atoms with Crippen LogP contribution in [0.15, 0.2) is 27.3 Å². The zero-order valence-corrected chi connectivity index (χ0v) is 12.1. The van der Waals surface area contributed by atoms with Crippen molar-refractivity contribution in [3.8, 4) is 0 Å². The van der Waals surface area contributed by atoms with Crippen molar-refractivity contribution in [3.63, 3.8) is 0 Å². The summed E-state index contributed by atoms with van der Waals surface area (Å²) >= 11 is 3.29. The third-order valence-corrected chi connectivity index (χ3v) is 4.86. The molecule has 2 heterocycles. The van der Waals surface area contributed by atoms with Crippen LogP contribution in [0, 0.1) is 13.8 Å². The van der Waals surface area contributed by atoms with Gasteiger partial charge in [-0.15, -0.1) is 22.7 Å². The topological polar surface area (TPSA) is 24.7 Å². The smallest absolute Gasteiger partial charge is 0.0993 e. The van der Waals surface area contributed by atoms with E-state index < -0.39 is 0 Å². The molecule has 0 N–H and O–H groups in total. The van der Waals surface area contributed by atoms with Crippen LogP contribution in [0.3, 0.4) is 0 Å². The van der Waals surface area contributed by atoms with Gasteiger partial charge in [0.25, 0.3) is 0 Å². The predicted octanol–water partition coefficient (Wildman–Crippen LogP) is 5.15. The van der Waals surface area contributed by atoms with Crippen LogP contribution in [-0.2, 0) is 0 Å². The molecule has 0 aliphatic rings. The molecule has 0 fully saturated rings. The Morgan fingerprint density at radius 1 is 1.11 bits per heavy atom. The van der Waals surface area contributed by atoms with Crippen molar-refractivity contribution in [2.24, 2.45) is 9.98 Å². The first kappa shape index (κ1) is 12.9. The Kier molecular flexibility index (Phi) is 3.89. The third-order valence-electron chi connectivity index (χ3n) is 2.82. The molecule has 0 saturated heterocycles. The maximum absolute atomic E-state index is 4.48. The van der Waals surface area contributed by atoms with E-state index >= 15 is 0 Å². The zero-order chi connectivity index (χ0) is 13.1. The zero-order valence-electron chi connectivity index (χ0n) is 10.4. The van der Waals surface area contributed by atoms with E-state index in [2.05, 4.69) is 37.1 Å². The van der Waals surface area contributed by atoms with Crippen LogP contribution in [-0.4, -0.2) is 12.9 Å². The van der Waals surface area contributed by atoms with Crippen LogP contribution in [0.5, 0.6) is 0 Å². The second-order valence-electron chi connectivity index (χ2n) is 3.84. The molecule has 0 aliphatic heterocycles. The van der Waals surface area contributed by atoms with Gasteiger partial charge in [0.1, 0.15) is 0 Å². The fourth-order valence-corrected chi connectivity index (χ4v) is 3.33. The minimum atomic E-state index is 0.839. The summed E-state index contributed by atoms with van der Waals surface area (Å²) in [5.74, 6) is 0. The lowest BCUT2D eigenvalue weighted by molar-refractivity contribution is 1.39. The molecule has 2 aromatic rings. The Bertz CT molecular complexity index is 618. The highest BCUT2D eigenvalue weighted by Gasteiger charge is 2.07. The van der Waals surface area contributed by atoms with Crippen LogP contribution in [0.25, 0.3) is 6.08 Å². The van der Waals surface area contributed by atoms with E-state index in [1.807, 2.05) is 23.1 Å². The van der Waals surface area contributed by atoms with Gasteiger partial charge in [0.2, 0.25) is 0 Å². The second-order valence-corrected chi connectivity index (χ2v) is 5.67. The first-order chi connectivity index (χ1) is 8.67. The monoisotopic (exact) mass is 274 g/mol. The van der Waals surface area contributed by atoms with Crippen LogP contribution < -0.4 is 0 Å². The van der Waals surface area contributed by atoms with Gasteiger partial charge in [0, 0.05) is 26.7 Å². The summed E-state index contributed by atoms with van der Waals surface area (Å²) in [4.78, 5) is 10.8. The standard InChI is InChI=1S/C14H14N2S2/c1-5-13-9(2)10(3)14(18-13)6-16-12-8-17-7-11(12)15-4/h5-8H,1,4H2,2-3H3. The second kappa shape index (κ2) is 5.42. The summed E-state index contributed by atoms with van der Waals surface area (Å²) in [5, 5.41) is 3.92. The average Bonchev–Trinajstić information content (AvgIpc) is 2.94. The molecule has 2 nitrogen and oxygen atoms in total. The highest BCUT2D eigenvalue weighted by Crippen LogP contribution is 2.32. The Labute approximate surface area is 115 Å². The van der Waals surface area contributed by atoms with E-state index in [0.29, 0.717) is 0 Å². The van der Waals surface area contributed by atoms with Gasteiger partial charge in [-0.1, -0.05) is 12.7 Å². The molecule has 0 aliphatic carbocycles. The molecule has 18 heavy (non-hydrogen) atoms. The molecule has 0 aromatic carbocycles. The third kappa shape index (κ3) is 2.35. The lowest BCUT2D eigenvalue weighted by atomic mass is 10.1.